The number of hydrogen-bond acceptors (Lipinski definition) is 1. The van der Waals surface area contributed by atoms with Crippen LogP contribution >= 0.6 is 0 Å². The molecule has 1 heteroatoms. The Labute approximate surface area is 128 Å². The van der Waals surface area contributed by atoms with Crippen molar-refractivity contribution in [1.29, 1.82) is 0 Å². The molecule has 0 saturated carbocycles. The minimum absolute atomic E-state index is 0.157. The van der Waals surface area contributed by atoms with Crippen LogP contribution in [0.4, 0.5) is 0 Å². The summed E-state index contributed by atoms with van der Waals surface area (Å²) in [7, 11) is 0. The molecule has 0 aromatic rings. The van der Waals surface area contributed by atoms with Gasteiger partial charge in [-0.1, -0.05) is 68.7 Å². The van der Waals surface area contributed by atoms with Gasteiger partial charge in [0.1, 0.15) is 0 Å². The standard InChI is InChI=1S/C19H40O/c1-12-17(7,8)19(11,13-16(4,5)6)18(9,10)14-20-15(2)3/h15H,12-14H2,1-11H3. The monoisotopic (exact) mass is 284 g/mol. The smallest absolute Gasteiger partial charge is 0.0526 e. The second-order valence-electron chi connectivity index (χ2n) is 9.55. The van der Waals surface area contributed by atoms with Crippen molar-refractivity contribution in [2.24, 2.45) is 21.7 Å². The van der Waals surface area contributed by atoms with E-state index in [1.54, 1.807) is 0 Å². The fraction of sp³-hybridized carbons (Fsp3) is 1.00. The molecule has 0 heterocycles. The summed E-state index contributed by atoms with van der Waals surface area (Å²) < 4.78 is 6.01. The molecule has 0 aliphatic carbocycles. The van der Waals surface area contributed by atoms with Gasteiger partial charge >= 0.3 is 0 Å². The maximum atomic E-state index is 6.01. The highest BCUT2D eigenvalue weighted by Gasteiger charge is 2.51. The van der Waals surface area contributed by atoms with Gasteiger partial charge in [0.05, 0.1) is 12.7 Å². The Morgan fingerprint density at radius 1 is 0.800 bits per heavy atom. The molecule has 0 bridgehead atoms. The van der Waals surface area contributed by atoms with Crippen molar-refractivity contribution in [3.63, 3.8) is 0 Å². The predicted octanol–water partition coefficient (Wildman–Crippen LogP) is 6.32. The van der Waals surface area contributed by atoms with Gasteiger partial charge in [-0.25, -0.2) is 0 Å². The molecule has 0 aliphatic heterocycles. The van der Waals surface area contributed by atoms with Crippen LogP contribution in [-0.4, -0.2) is 12.7 Å². The van der Waals surface area contributed by atoms with E-state index in [9.17, 15) is 0 Å². The van der Waals surface area contributed by atoms with Crippen LogP contribution < -0.4 is 0 Å². The van der Waals surface area contributed by atoms with E-state index in [1.165, 1.54) is 12.8 Å². The van der Waals surface area contributed by atoms with Gasteiger partial charge in [0.25, 0.3) is 0 Å². The van der Waals surface area contributed by atoms with Gasteiger partial charge < -0.3 is 4.74 Å². The molecule has 0 aromatic carbocycles. The van der Waals surface area contributed by atoms with Crippen LogP contribution in [0, 0.1) is 21.7 Å². The average Bonchev–Trinajstić information content (AvgIpc) is 2.23. The SMILES string of the molecule is CCC(C)(C)C(C)(CC(C)(C)C)C(C)(C)COC(C)C. The molecule has 0 aliphatic rings. The third-order valence-corrected chi connectivity index (χ3v) is 5.53. The van der Waals surface area contributed by atoms with Crippen LogP contribution in [0.2, 0.25) is 0 Å². The van der Waals surface area contributed by atoms with Crippen LogP contribution in [0.5, 0.6) is 0 Å². The van der Waals surface area contributed by atoms with Crippen molar-refractivity contribution in [2.75, 3.05) is 6.61 Å². The fourth-order valence-corrected chi connectivity index (χ4v) is 3.38. The third-order valence-electron chi connectivity index (χ3n) is 5.53. The Morgan fingerprint density at radius 3 is 1.55 bits per heavy atom. The summed E-state index contributed by atoms with van der Waals surface area (Å²) in [6.45, 7) is 26.6. The molecule has 0 spiro atoms. The highest BCUT2D eigenvalue weighted by molar-refractivity contribution is 5.00. The van der Waals surface area contributed by atoms with Crippen molar-refractivity contribution >= 4 is 0 Å². The Bertz CT molecular complexity index is 293. The van der Waals surface area contributed by atoms with E-state index in [4.69, 9.17) is 4.74 Å². The zero-order valence-electron chi connectivity index (χ0n) is 16.1. The van der Waals surface area contributed by atoms with Crippen molar-refractivity contribution in [3.8, 4) is 0 Å². The van der Waals surface area contributed by atoms with E-state index in [0.29, 0.717) is 16.9 Å². The lowest BCUT2D eigenvalue weighted by atomic mass is 9.49. The second-order valence-corrected chi connectivity index (χ2v) is 9.55. The number of ether oxygens (including phenoxy) is 1. The van der Waals surface area contributed by atoms with Crippen molar-refractivity contribution in [2.45, 2.75) is 95.1 Å². The summed E-state index contributed by atoms with van der Waals surface area (Å²) in [5.41, 5.74) is 1.02. The van der Waals surface area contributed by atoms with Gasteiger partial charge in [-0.3, -0.25) is 0 Å². The van der Waals surface area contributed by atoms with Crippen molar-refractivity contribution in [3.05, 3.63) is 0 Å². The molecule has 0 N–H and O–H groups in total. The first-order valence-corrected chi connectivity index (χ1v) is 8.30. The summed E-state index contributed by atoms with van der Waals surface area (Å²) in [5.74, 6) is 0. The minimum atomic E-state index is 0.157. The first kappa shape index (κ1) is 20.0. The Kier molecular flexibility index (Phi) is 6.37. The van der Waals surface area contributed by atoms with Gasteiger partial charge in [0.2, 0.25) is 0 Å². The lowest BCUT2D eigenvalue weighted by Crippen LogP contribution is -2.51. The van der Waals surface area contributed by atoms with Gasteiger partial charge in [0, 0.05) is 0 Å². The molecule has 1 atom stereocenters. The molecule has 1 unspecified atom stereocenters. The molecule has 0 amide bonds. The van der Waals surface area contributed by atoms with E-state index < -0.39 is 0 Å². The Morgan fingerprint density at radius 2 is 1.25 bits per heavy atom. The Balaban J connectivity index is 5.52. The maximum absolute atomic E-state index is 6.01. The topological polar surface area (TPSA) is 9.23 Å². The molecular weight excluding hydrogens is 244 g/mol. The summed E-state index contributed by atoms with van der Waals surface area (Å²) in [4.78, 5) is 0. The molecule has 122 valence electrons. The predicted molar refractivity (Wildman–Crippen MR) is 91.1 cm³/mol. The molecular formula is C19H40O. The minimum Gasteiger partial charge on any atom is -0.378 e. The van der Waals surface area contributed by atoms with Crippen LogP contribution in [0.15, 0.2) is 0 Å². The highest BCUT2D eigenvalue weighted by Crippen LogP contribution is 2.58. The van der Waals surface area contributed by atoms with Crippen molar-refractivity contribution in [1.82, 2.24) is 0 Å². The second kappa shape index (κ2) is 6.38. The number of rotatable bonds is 7. The molecule has 1 nitrogen and oxygen atoms in total. The van der Waals surface area contributed by atoms with Gasteiger partial charge in [-0.15, -0.1) is 0 Å². The van der Waals surface area contributed by atoms with Gasteiger partial charge in [-0.05, 0) is 41.9 Å². The fourth-order valence-electron chi connectivity index (χ4n) is 3.38. The van der Waals surface area contributed by atoms with Crippen LogP contribution in [-0.2, 0) is 4.74 Å². The van der Waals surface area contributed by atoms with E-state index in [1.807, 2.05) is 0 Å². The largest absolute Gasteiger partial charge is 0.378 e. The summed E-state index contributed by atoms with van der Waals surface area (Å²) >= 11 is 0. The zero-order valence-corrected chi connectivity index (χ0v) is 16.1. The van der Waals surface area contributed by atoms with Gasteiger partial charge in [0.15, 0.2) is 0 Å². The molecule has 0 radical (unpaired) electrons. The van der Waals surface area contributed by atoms with Crippen LogP contribution in [0.25, 0.3) is 0 Å². The molecule has 0 fully saturated rings. The van der Waals surface area contributed by atoms with Crippen LogP contribution in [0.1, 0.15) is 89.0 Å². The number of hydrogen-bond donors (Lipinski definition) is 0. The lowest BCUT2D eigenvalue weighted by Gasteiger charge is -2.56. The van der Waals surface area contributed by atoms with Crippen LogP contribution in [0.3, 0.4) is 0 Å². The van der Waals surface area contributed by atoms with E-state index in [2.05, 4.69) is 76.2 Å². The quantitative estimate of drug-likeness (QED) is 0.532. The summed E-state index contributed by atoms with van der Waals surface area (Å²) in [5, 5.41) is 0. The zero-order chi connectivity index (χ0) is 16.4. The van der Waals surface area contributed by atoms with E-state index >= 15 is 0 Å². The average molecular weight is 285 g/mol. The highest BCUT2D eigenvalue weighted by atomic mass is 16.5. The molecule has 20 heavy (non-hydrogen) atoms. The first-order chi connectivity index (χ1) is 8.68. The van der Waals surface area contributed by atoms with Crippen molar-refractivity contribution < 1.29 is 4.74 Å². The van der Waals surface area contributed by atoms with Gasteiger partial charge in [-0.2, -0.15) is 0 Å². The Hall–Kier alpha value is -0.0400. The van der Waals surface area contributed by atoms with E-state index in [0.717, 1.165) is 6.61 Å². The maximum Gasteiger partial charge on any atom is 0.0526 e. The summed E-state index contributed by atoms with van der Waals surface area (Å²) in [6.07, 6.45) is 2.72. The molecule has 0 aromatic heterocycles. The molecule has 0 rings (SSSR count). The third kappa shape index (κ3) is 4.76. The molecule has 0 saturated heterocycles. The summed E-state index contributed by atoms with van der Waals surface area (Å²) in [6, 6.07) is 0. The first-order valence-electron chi connectivity index (χ1n) is 8.30. The normalized spacial score (nSPS) is 17.4. The van der Waals surface area contributed by atoms with E-state index in [-0.39, 0.29) is 10.8 Å². The lowest BCUT2D eigenvalue weighted by molar-refractivity contribution is -0.116.